The highest BCUT2D eigenvalue weighted by Gasteiger charge is 2.19. The van der Waals surface area contributed by atoms with E-state index in [1.165, 1.54) is 6.92 Å². The molecule has 0 aromatic carbocycles. The summed E-state index contributed by atoms with van der Waals surface area (Å²) in [6.45, 7) is 9.45. The molecule has 0 saturated heterocycles. The van der Waals surface area contributed by atoms with Gasteiger partial charge in [0, 0.05) is 37.0 Å². The Balaban J connectivity index is 2.34. The minimum atomic E-state index is -0.631. The van der Waals surface area contributed by atoms with Crippen molar-refractivity contribution >= 4 is 17.6 Å². The van der Waals surface area contributed by atoms with E-state index in [1.807, 2.05) is 13.1 Å². The second kappa shape index (κ2) is 6.82. The maximum absolute atomic E-state index is 12.0. The molecule has 0 spiro atoms. The number of aromatic nitrogens is 3. The van der Waals surface area contributed by atoms with Crippen LogP contribution < -0.4 is 5.32 Å². The smallest absolute Gasteiger partial charge is 0.412 e. The first kappa shape index (κ1) is 17.7. The van der Waals surface area contributed by atoms with Crippen LogP contribution in [-0.2, 0) is 11.3 Å². The number of carbonyl (C=O) groups is 2. The Kier molecular flexibility index (Phi) is 5.02. The van der Waals surface area contributed by atoms with Crippen molar-refractivity contribution in [3.05, 3.63) is 30.4 Å². The largest absolute Gasteiger partial charge is 0.444 e. The molecule has 1 N–H and O–H groups in total. The normalized spacial score (nSPS) is 11.2. The van der Waals surface area contributed by atoms with Gasteiger partial charge < -0.3 is 4.74 Å². The molecule has 0 atom stereocenters. The molecule has 128 valence electrons. The molecule has 0 bridgehead atoms. The van der Waals surface area contributed by atoms with Gasteiger partial charge >= 0.3 is 6.09 Å². The van der Waals surface area contributed by atoms with Crippen LogP contribution in [0.15, 0.2) is 24.7 Å². The Morgan fingerprint density at radius 1 is 1.25 bits per heavy atom. The Labute approximate surface area is 141 Å². The number of hydrogen-bond donors (Lipinski definition) is 1. The summed E-state index contributed by atoms with van der Waals surface area (Å²) in [5, 5.41) is 6.83. The Morgan fingerprint density at radius 3 is 2.50 bits per heavy atom. The van der Waals surface area contributed by atoms with Crippen molar-refractivity contribution in [2.24, 2.45) is 0 Å². The van der Waals surface area contributed by atoms with E-state index in [0.717, 1.165) is 17.7 Å². The summed E-state index contributed by atoms with van der Waals surface area (Å²) in [6.07, 6.45) is 4.55. The number of carbonyl (C=O) groups excluding carboxylic acids is 2. The molecule has 0 aliphatic rings. The second-order valence-corrected chi connectivity index (χ2v) is 6.39. The zero-order valence-corrected chi connectivity index (χ0v) is 14.6. The van der Waals surface area contributed by atoms with Gasteiger partial charge in [-0.2, -0.15) is 5.10 Å². The van der Waals surface area contributed by atoms with Gasteiger partial charge in [0.05, 0.1) is 11.9 Å². The van der Waals surface area contributed by atoms with Gasteiger partial charge in [-0.15, -0.1) is 0 Å². The van der Waals surface area contributed by atoms with Crippen molar-refractivity contribution < 1.29 is 14.3 Å². The lowest BCUT2D eigenvalue weighted by atomic mass is 10.1. The fourth-order valence-electron chi connectivity index (χ4n) is 2.10. The first-order valence-corrected chi connectivity index (χ1v) is 7.73. The molecule has 0 fully saturated rings. The second-order valence-electron chi connectivity index (χ2n) is 6.39. The summed E-state index contributed by atoms with van der Waals surface area (Å²) >= 11 is 0. The summed E-state index contributed by atoms with van der Waals surface area (Å²) in [5.74, 6) is -0.239. The fraction of sp³-hybridized carbons (Fsp3) is 0.412. The van der Waals surface area contributed by atoms with Crippen LogP contribution in [0.2, 0.25) is 0 Å². The number of nitrogens with zero attached hydrogens (tertiary/aromatic N) is 3. The molecule has 0 aliphatic carbocycles. The highest BCUT2D eigenvalue weighted by molar-refractivity contribution is 6.01. The molecule has 0 unspecified atom stereocenters. The predicted molar refractivity (Wildman–Crippen MR) is 91.0 cm³/mol. The van der Waals surface area contributed by atoms with Gasteiger partial charge in [0.15, 0.2) is 5.78 Å². The number of amides is 1. The topological polar surface area (TPSA) is 86.1 Å². The van der Waals surface area contributed by atoms with Crippen LogP contribution in [-0.4, -0.2) is 32.2 Å². The van der Waals surface area contributed by atoms with Crippen LogP contribution in [0, 0.1) is 0 Å². The highest BCUT2D eigenvalue weighted by atomic mass is 16.6. The van der Waals surface area contributed by atoms with Crippen LogP contribution in [0.1, 0.15) is 45.1 Å². The van der Waals surface area contributed by atoms with E-state index in [9.17, 15) is 9.59 Å². The van der Waals surface area contributed by atoms with E-state index >= 15 is 0 Å². The van der Waals surface area contributed by atoms with Crippen LogP contribution >= 0.6 is 0 Å². The molecule has 24 heavy (non-hydrogen) atoms. The maximum atomic E-state index is 12.0. The van der Waals surface area contributed by atoms with E-state index in [1.54, 1.807) is 43.9 Å². The molecular weight excluding hydrogens is 308 g/mol. The average molecular weight is 330 g/mol. The van der Waals surface area contributed by atoms with Gasteiger partial charge in [-0.1, -0.05) is 0 Å². The van der Waals surface area contributed by atoms with E-state index in [0.29, 0.717) is 5.69 Å². The van der Waals surface area contributed by atoms with Gasteiger partial charge in [0.2, 0.25) is 0 Å². The van der Waals surface area contributed by atoms with E-state index < -0.39 is 11.7 Å². The number of anilines is 1. The molecule has 0 radical (unpaired) electrons. The number of ether oxygens (including phenoxy) is 1. The molecule has 7 nitrogen and oxygen atoms in total. The third kappa shape index (κ3) is 4.41. The minimum absolute atomic E-state index is 0.187. The standard InChI is InChI=1S/C17H22N4O3/c1-6-21-10-13(9-19-21)12-7-14(15(11(2)22)18-8-12)20-16(23)24-17(3,4)5/h7-10H,6H2,1-5H3,(H,20,23). The van der Waals surface area contributed by atoms with Crippen LogP contribution in [0.4, 0.5) is 10.5 Å². The molecule has 1 amide bonds. The van der Waals surface area contributed by atoms with Gasteiger partial charge in [-0.05, 0) is 33.8 Å². The van der Waals surface area contributed by atoms with Crippen LogP contribution in [0.25, 0.3) is 11.1 Å². The van der Waals surface area contributed by atoms with E-state index in [2.05, 4.69) is 15.4 Å². The number of Topliss-reactive ketones (excluding diaryl/α,β-unsaturated/α-hetero) is 1. The number of aryl methyl sites for hydroxylation is 1. The van der Waals surface area contributed by atoms with Crippen molar-refractivity contribution in [2.45, 2.75) is 46.8 Å². The number of nitrogens with one attached hydrogen (secondary N) is 1. The van der Waals surface area contributed by atoms with Crippen LogP contribution in [0.5, 0.6) is 0 Å². The lowest BCUT2D eigenvalue weighted by molar-refractivity contribution is 0.0636. The molecule has 7 heteroatoms. The van der Waals surface area contributed by atoms with Crippen molar-refractivity contribution in [1.82, 2.24) is 14.8 Å². The van der Waals surface area contributed by atoms with Crippen molar-refractivity contribution in [1.29, 1.82) is 0 Å². The Morgan fingerprint density at radius 2 is 1.96 bits per heavy atom. The summed E-state index contributed by atoms with van der Waals surface area (Å²) in [5.41, 5.74) is 1.48. The number of pyridine rings is 1. The number of hydrogen-bond acceptors (Lipinski definition) is 5. The number of ketones is 1. The lowest BCUT2D eigenvalue weighted by Crippen LogP contribution is -2.27. The van der Waals surface area contributed by atoms with Crippen molar-refractivity contribution in [2.75, 3.05) is 5.32 Å². The summed E-state index contributed by atoms with van der Waals surface area (Å²) in [6, 6.07) is 1.70. The third-order valence-corrected chi connectivity index (χ3v) is 3.15. The van der Waals surface area contributed by atoms with E-state index in [-0.39, 0.29) is 11.5 Å². The minimum Gasteiger partial charge on any atom is -0.444 e. The molecule has 2 heterocycles. The predicted octanol–water partition coefficient (Wildman–Crippen LogP) is 3.51. The summed E-state index contributed by atoms with van der Waals surface area (Å²) < 4.78 is 7.02. The zero-order valence-electron chi connectivity index (χ0n) is 14.6. The molecule has 0 aliphatic heterocycles. The summed E-state index contributed by atoms with van der Waals surface area (Å²) in [7, 11) is 0. The zero-order chi connectivity index (χ0) is 17.9. The Bertz CT molecular complexity index is 759. The molecule has 2 aromatic heterocycles. The monoisotopic (exact) mass is 330 g/mol. The van der Waals surface area contributed by atoms with Crippen LogP contribution in [0.3, 0.4) is 0 Å². The first-order valence-electron chi connectivity index (χ1n) is 7.73. The lowest BCUT2D eigenvalue weighted by Gasteiger charge is -2.20. The number of rotatable bonds is 4. The Hall–Kier alpha value is -2.70. The van der Waals surface area contributed by atoms with Gasteiger partial charge in [0.1, 0.15) is 11.3 Å². The fourth-order valence-corrected chi connectivity index (χ4v) is 2.10. The SMILES string of the molecule is CCn1cc(-c2cnc(C(C)=O)c(NC(=O)OC(C)(C)C)c2)cn1. The first-order chi connectivity index (χ1) is 11.2. The average Bonchev–Trinajstić information content (AvgIpc) is 2.93. The molecule has 2 aromatic rings. The van der Waals surface area contributed by atoms with Crippen molar-refractivity contribution in [3.63, 3.8) is 0 Å². The third-order valence-electron chi connectivity index (χ3n) is 3.15. The molecule has 2 rings (SSSR count). The molecular formula is C17H22N4O3. The maximum Gasteiger partial charge on any atom is 0.412 e. The summed E-state index contributed by atoms with van der Waals surface area (Å²) in [4.78, 5) is 28.0. The van der Waals surface area contributed by atoms with E-state index in [4.69, 9.17) is 4.74 Å². The highest BCUT2D eigenvalue weighted by Crippen LogP contribution is 2.24. The van der Waals surface area contributed by atoms with Gasteiger partial charge in [-0.3, -0.25) is 19.8 Å². The molecule has 0 saturated carbocycles. The van der Waals surface area contributed by atoms with Crippen molar-refractivity contribution in [3.8, 4) is 11.1 Å². The van der Waals surface area contributed by atoms with Gasteiger partial charge in [-0.25, -0.2) is 4.79 Å². The quantitative estimate of drug-likeness (QED) is 0.867. The van der Waals surface area contributed by atoms with Gasteiger partial charge in [0.25, 0.3) is 0 Å².